The topological polar surface area (TPSA) is 81.1 Å². The Hall–Kier alpha value is -2.86. The summed E-state index contributed by atoms with van der Waals surface area (Å²) in [6.45, 7) is 3.02. The fraction of sp³-hybridized carbons (Fsp3) is 0.440. The number of carbonyl (C=O) groups excluding carboxylic acids is 1. The summed E-state index contributed by atoms with van der Waals surface area (Å²) in [4.78, 5) is 28.2. The Kier molecular flexibility index (Phi) is 8.06. The van der Waals surface area contributed by atoms with Crippen molar-refractivity contribution in [3.8, 4) is 0 Å². The predicted molar refractivity (Wildman–Crippen MR) is 121 cm³/mol. The minimum Gasteiger partial charge on any atom is -0.481 e. The molecule has 1 fully saturated rings. The Labute approximate surface area is 184 Å². The van der Waals surface area contributed by atoms with Crippen LogP contribution in [-0.4, -0.2) is 46.8 Å². The lowest BCUT2D eigenvalue weighted by Crippen LogP contribution is -2.44. The van der Waals surface area contributed by atoms with Crippen molar-refractivity contribution in [3.05, 3.63) is 65.7 Å². The molecule has 1 saturated carbocycles. The molecule has 2 atom stereocenters. The van der Waals surface area contributed by atoms with Crippen LogP contribution in [-0.2, 0) is 11.3 Å². The molecule has 0 unspecified atom stereocenters. The number of para-hydroxylation sites is 1. The summed E-state index contributed by atoms with van der Waals surface area (Å²) in [6.07, 6.45) is 3.67. The SMILES string of the molecule is CCN(CCO)C(=O)N(Cc1ccc([C@@H]2CCCC[C@H]2C(=O)O)cc1)c1ccccc1. The van der Waals surface area contributed by atoms with E-state index in [1.165, 1.54) is 0 Å². The maximum absolute atomic E-state index is 13.2. The number of carbonyl (C=O) groups is 2. The van der Waals surface area contributed by atoms with E-state index in [4.69, 9.17) is 0 Å². The second-order valence-corrected chi connectivity index (χ2v) is 8.08. The molecular formula is C25H32N2O4. The number of rotatable bonds is 8. The summed E-state index contributed by atoms with van der Waals surface area (Å²) in [5.74, 6) is -0.982. The maximum atomic E-state index is 13.2. The van der Waals surface area contributed by atoms with E-state index in [1.807, 2.05) is 61.5 Å². The normalized spacial score (nSPS) is 18.4. The van der Waals surface area contributed by atoms with Gasteiger partial charge in [0.05, 0.1) is 19.1 Å². The van der Waals surface area contributed by atoms with Crippen molar-refractivity contribution in [2.24, 2.45) is 5.92 Å². The van der Waals surface area contributed by atoms with E-state index in [0.29, 0.717) is 13.1 Å². The highest BCUT2D eigenvalue weighted by molar-refractivity contribution is 5.92. The first-order valence-electron chi connectivity index (χ1n) is 11.1. The third kappa shape index (κ3) is 5.64. The van der Waals surface area contributed by atoms with Gasteiger partial charge in [-0.3, -0.25) is 9.69 Å². The van der Waals surface area contributed by atoms with Gasteiger partial charge in [0.15, 0.2) is 0 Å². The monoisotopic (exact) mass is 424 g/mol. The van der Waals surface area contributed by atoms with Gasteiger partial charge in [-0.15, -0.1) is 0 Å². The number of hydrogen-bond donors (Lipinski definition) is 2. The molecule has 0 aromatic heterocycles. The molecule has 6 heteroatoms. The molecule has 2 amide bonds. The van der Waals surface area contributed by atoms with Crippen molar-refractivity contribution in [3.63, 3.8) is 0 Å². The van der Waals surface area contributed by atoms with Crippen LogP contribution in [0.5, 0.6) is 0 Å². The molecule has 0 saturated heterocycles. The number of hydrogen-bond acceptors (Lipinski definition) is 3. The number of anilines is 1. The van der Waals surface area contributed by atoms with E-state index in [2.05, 4.69) is 0 Å². The molecule has 3 rings (SSSR count). The lowest BCUT2D eigenvalue weighted by molar-refractivity contribution is -0.143. The number of nitrogens with zero attached hydrogens (tertiary/aromatic N) is 2. The molecular weight excluding hydrogens is 392 g/mol. The lowest BCUT2D eigenvalue weighted by Gasteiger charge is -2.30. The first-order chi connectivity index (χ1) is 15.0. The van der Waals surface area contributed by atoms with E-state index in [9.17, 15) is 19.8 Å². The van der Waals surface area contributed by atoms with E-state index >= 15 is 0 Å². The molecule has 2 N–H and O–H groups in total. The van der Waals surface area contributed by atoms with E-state index in [0.717, 1.165) is 42.5 Å². The molecule has 6 nitrogen and oxygen atoms in total. The molecule has 0 aliphatic heterocycles. The summed E-state index contributed by atoms with van der Waals surface area (Å²) in [5, 5.41) is 18.9. The van der Waals surface area contributed by atoms with Crippen LogP contribution >= 0.6 is 0 Å². The fourth-order valence-corrected chi connectivity index (χ4v) is 4.44. The number of benzene rings is 2. The van der Waals surface area contributed by atoms with Crippen LogP contribution in [0.3, 0.4) is 0 Å². The zero-order valence-corrected chi connectivity index (χ0v) is 18.1. The predicted octanol–water partition coefficient (Wildman–Crippen LogP) is 4.49. The summed E-state index contributed by atoms with van der Waals surface area (Å²) in [5.41, 5.74) is 2.83. The Balaban J connectivity index is 1.81. The van der Waals surface area contributed by atoms with Crippen LogP contribution in [0.25, 0.3) is 0 Å². The van der Waals surface area contributed by atoms with Gasteiger partial charge in [0.2, 0.25) is 0 Å². The van der Waals surface area contributed by atoms with Gasteiger partial charge in [-0.1, -0.05) is 55.3 Å². The molecule has 0 spiro atoms. The van der Waals surface area contributed by atoms with Gasteiger partial charge >= 0.3 is 12.0 Å². The third-order valence-corrected chi connectivity index (χ3v) is 6.15. The third-order valence-electron chi connectivity index (χ3n) is 6.15. The zero-order valence-electron chi connectivity index (χ0n) is 18.1. The largest absolute Gasteiger partial charge is 0.481 e. The van der Waals surface area contributed by atoms with Gasteiger partial charge in [0.1, 0.15) is 0 Å². The lowest BCUT2D eigenvalue weighted by atomic mass is 9.75. The highest BCUT2D eigenvalue weighted by Gasteiger charge is 2.31. The number of carboxylic acids is 1. The van der Waals surface area contributed by atoms with Gasteiger partial charge in [0.25, 0.3) is 0 Å². The quantitative estimate of drug-likeness (QED) is 0.654. The van der Waals surface area contributed by atoms with Gasteiger partial charge in [0, 0.05) is 18.8 Å². The summed E-state index contributed by atoms with van der Waals surface area (Å²) in [7, 11) is 0. The standard InChI is InChI=1S/C25H32N2O4/c1-2-26(16-17-28)25(31)27(21-8-4-3-5-9-21)18-19-12-14-20(15-13-19)22-10-6-7-11-23(22)24(29)30/h3-5,8-9,12-15,22-23,28H,2,6-7,10-11,16-18H2,1H3,(H,29,30)/t22-,23+/m0/s1. The first-order valence-corrected chi connectivity index (χ1v) is 11.1. The number of urea groups is 1. The van der Waals surface area contributed by atoms with E-state index in [-0.39, 0.29) is 31.0 Å². The minimum atomic E-state index is -0.710. The van der Waals surface area contributed by atoms with Gasteiger partial charge in [-0.05, 0) is 48.9 Å². The summed E-state index contributed by atoms with van der Waals surface area (Å²) in [6, 6.07) is 17.4. The Morgan fingerprint density at radius 1 is 1.00 bits per heavy atom. The zero-order chi connectivity index (χ0) is 22.2. The van der Waals surface area contributed by atoms with Gasteiger partial charge in [-0.25, -0.2) is 4.79 Å². The molecule has 0 bridgehead atoms. The van der Waals surface area contributed by atoms with Crippen LogP contribution in [0.1, 0.15) is 49.7 Å². The van der Waals surface area contributed by atoms with Crippen molar-refractivity contribution in [2.75, 3.05) is 24.6 Å². The van der Waals surface area contributed by atoms with Crippen LogP contribution < -0.4 is 4.90 Å². The molecule has 2 aromatic rings. The molecule has 1 aliphatic rings. The molecule has 0 radical (unpaired) electrons. The van der Waals surface area contributed by atoms with Gasteiger partial charge < -0.3 is 15.1 Å². The number of aliphatic hydroxyl groups is 1. The summed E-state index contributed by atoms with van der Waals surface area (Å²) < 4.78 is 0. The molecule has 166 valence electrons. The molecule has 1 aliphatic carbocycles. The fourth-order valence-electron chi connectivity index (χ4n) is 4.44. The van der Waals surface area contributed by atoms with Crippen LogP contribution in [0, 0.1) is 5.92 Å². The highest BCUT2D eigenvalue weighted by atomic mass is 16.4. The second-order valence-electron chi connectivity index (χ2n) is 8.08. The number of carboxylic acid groups (broad SMARTS) is 1. The Morgan fingerprint density at radius 3 is 2.29 bits per heavy atom. The van der Waals surface area contributed by atoms with E-state index < -0.39 is 5.97 Å². The number of aliphatic hydroxyl groups excluding tert-OH is 1. The van der Waals surface area contributed by atoms with Crippen molar-refractivity contribution in [1.29, 1.82) is 0 Å². The van der Waals surface area contributed by atoms with E-state index in [1.54, 1.807) is 9.80 Å². The maximum Gasteiger partial charge on any atom is 0.324 e. The molecule has 31 heavy (non-hydrogen) atoms. The molecule has 2 aromatic carbocycles. The Bertz CT molecular complexity index is 854. The van der Waals surface area contributed by atoms with Gasteiger partial charge in [-0.2, -0.15) is 0 Å². The number of amides is 2. The first kappa shape index (κ1) is 22.8. The van der Waals surface area contributed by atoms with Crippen LogP contribution in [0.2, 0.25) is 0 Å². The summed E-state index contributed by atoms with van der Waals surface area (Å²) >= 11 is 0. The van der Waals surface area contributed by atoms with Crippen LogP contribution in [0.4, 0.5) is 10.5 Å². The smallest absolute Gasteiger partial charge is 0.324 e. The van der Waals surface area contributed by atoms with Crippen molar-refractivity contribution >= 4 is 17.7 Å². The average Bonchev–Trinajstić information content (AvgIpc) is 2.81. The van der Waals surface area contributed by atoms with Crippen molar-refractivity contribution in [2.45, 2.75) is 45.1 Å². The van der Waals surface area contributed by atoms with Crippen molar-refractivity contribution < 1.29 is 19.8 Å². The number of likely N-dealkylation sites (N-methyl/N-ethyl adjacent to an activating group) is 1. The minimum absolute atomic E-state index is 0.0484. The number of aliphatic carboxylic acids is 1. The Morgan fingerprint density at radius 2 is 1.68 bits per heavy atom. The average molecular weight is 425 g/mol. The second kappa shape index (κ2) is 11.0. The van der Waals surface area contributed by atoms with Crippen molar-refractivity contribution in [1.82, 2.24) is 4.90 Å². The molecule has 0 heterocycles. The highest BCUT2D eigenvalue weighted by Crippen LogP contribution is 2.38. The van der Waals surface area contributed by atoms with Crippen LogP contribution in [0.15, 0.2) is 54.6 Å².